The highest BCUT2D eigenvalue weighted by molar-refractivity contribution is 7.02. The van der Waals surface area contributed by atoms with Crippen molar-refractivity contribution < 1.29 is 0 Å². The van der Waals surface area contributed by atoms with Crippen molar-refractivity contribution in [2.24, 2.45) is 23.0 Å². The fourth-order valence-corrected chi connectivity index (χ4v) is 4.80. The highest BCUT2D eigenvalue weighted by Gasteiger charge is 2.48. The van der Waals surface area contributed by atoms with Crippen LogP contribution in [0.4, 0.5) is 0 Å². The van der Waals surface area contributed by atoms with Crippen molar-refractivity contribution >= 4 is 11.5 Å². The number of fused-ring (bicyclic) bond motifs is 2. The number of hydrogen-bond donors (Lipinski definition) is 2. The second-order valence-electron chi connectivity index (χ2n) is 5.91. The molecule has 0 aliphatic heterocycles. The Morgan fingerprint density at radius 2 is 1.89 bits per heavy atom. The fraction of sp³-hybridized carbons (Fsp3) is 0.846. The summed E-state index contributed by atoms with van der Waals surface area (Å²) < 4.78 is 4.25. The van der Waals surface area contributed by atoms with Crippen LogP contribution < -0.4 is 10.6 Å². The molecule has 2 saturated carbocycles. The maximum absolute atomic E-state index is 11.2. The number of rotatable bonds is 3. The van der Waals surface area contributed by atoms with Crippen LogP contribution in [0.1, 0.15) is 44.3 Å². The van der Waals surface area contributed by atoms with Crippen LogP contribution in [0.15, 0.2) is 4.79 Å². The van der Waals surface area contributed by atoms with Crippen molar-refractivity contribution in [1.29, 1.82) is 0 Å². The lowest BCUT2D eigenvalue weighted by Crippen LogP contribution is -2.50. The normalized spacial score (nSPS) is 35.6. The van der Waals surface area contributed by atoms with E-state index >= 15 is 0 Å². The molecule has 2 aliphatic carbocycles. The fourth-order valence-electron chi connectivity index (χ4n) is 4.34. The number of aromatic nitrogens is 2. The van der Waals surface area contributed by atoms with Crippen molar-refractivity contribution in [3.8, 4) is 0 Å². The molecule has 2 aliphatic rings. The highest BCUT2D eigenvalue weighted by Crippen LogP contribution is 2.53. The van der Waals surface area contributed by atoms with Gasteiger partial charge in [0.1, 0.15) is 5.82 Å². The molecule has 4 nitrogen and oxygen atoms in total. The van der Waals surface area contributed by atoms with Gasteiger partial charge < -0.3 is 5.73 Å². The summed E-state index contributed by atoms with van der Waals surface area (Å²) in [5.41, 5.74) is 6.37. The largest absolute Gasteiger partial charge is 0.330 e. The maximum Gasteiger partial charge on any atom is 0.323 e. The van der Waals surface area contributed by atoms with Gasteiger partial charge in [0.05, 0.1) is 0 Å². The Bertz CT molecular complexity index is 445. The molecule has 0 atom stereocenters. The van der Waals surface area contributed by atoms with Crippen LogP contribution in [0.2, 0.25) is 0 Å². The van der Waals surface area contributed by atoms with Crippen molar-refractivity contribution in [2.45, 2.75) is 44.9 Å². The molecule has 0 amide bonds. The zero-order chi connectivity index (χ0) is 12.6. The first-order valence-corrected chi connectivity index (χ1v) is 7.77. The van der Waals surface area contributed by atoms with Gasteiger partial charge in [-0.3, -0.25) is 9.78 Å². The van der Waals surface area contributed by atoms with Gasteiger partial charge in [0.2, 0.25) is 0 Å². The summed E-state index contributed by atoms with van der Waals surface area (Å²) >= 11 is 1.03. The van der Waals surface area contributed by atoms with Gasteiger partial charge in [-0.1, -0.05) is 12.8 Å². The van der Waals surface area contributed by atoms with Crippen LogP contribution in [0.25, 0.3) is 0 Å². The summed E-state index contributed by atoms with van der Waals surface area (Å²) in [6, 6.07) is 0. The predicted molar refractivity (Wildman–Crippen MR) is 72.6 cm³/mol. The smallest absolute Gasteiger partial charge is 0.323 e. The van der Waals surface area contributed by atoms with Gasteiger partial charge in [-0.25, -0.2) is 0 Å². The van der Waals surface area contributed by atoms with Gasteiger partial charge in [-0.2, -0.15) is 4.37 Å². The number of nitrogens with zero attached hydrogens (tertiary/aromatic N) is 1. The molecule has 1 aromatic heterocycles. The molecule has 1 aromatic rings. The summed E-state index contributed by atoms with van der Waals surface area (Å²) in [5.74, 6) is 2.33. The maximum atomic E-state index is 11.2. The lowest BCUT2D eigenvalue weighted by Gasteiger charge is -2.52. The molecule has 18 heavy (non-hydrogen) atoms. The van der Waals surface area contributed by atoms with E-state index in [4.69, 9.17) is 5.73 Å². The summed E-state index contributed by atoms with van der Waals surface area (Å²) in [6.45, 7) is 0.738. The van der Waals surface area contributed by atoms with Crippen LogP contribution in [0, 0.1) is 17.3 Å². The molecule has 0 unspecified atom stereocenters. The van der Waals surface area contributed by atoms with Crippen molar-refractivity contribution in [2.75, 3.05) is 6.54 Å². The van der Waals surface area contributed by atoms with Gasteiger partial charge >= 0.3 is 4.87 Å². The van der Waals surface area contributed by atoms with Gasteiger partial charge in [-0.05, 0) is 49.5 Å². The minimum absolute atomic E-state index is 0.0434. The minimum atomic E-state index is -0.0434. The second-order valence-corrected chi connectivity index (χ2v) is 6.65. The van der Waals surface area contributed by atoms with Crippen molar-refractivity contribution in [1.82, 2.24) is 9.36 Å². The number of aromatic amines is 1. The Morgan fingerprint density at radius 3 is 2.33 bits per heavy atom. The first-order valence-electron chi connectivity index (χ1n) is 6.99. The second kappa shape index (κ2) is 4.78. The summed E-state index contributed by atoms with van der Waals surface area (Å²) in [6.07, 6.45) is 8.81. The third-order valence-electron chi connectivity index (χ3n) is 5.20. The molecule has 2 bridgehead atoms. The Kier molecular flexibility index (Phi) is 3.28. The van der Waals surface area contributed by atoms with Gasteiger partial charge in [0, 0.05) is 18.0 Å². The number of nitrogens with two attached hydrogens (primary N) is 1. The van der Waals surface area contributed by atoms with Crippen LogP contribution in [0.5, 0.6) is 0 Å². The van der Waals surface area contributed by atoms with Crippen molar-refractivity contribution in [3.05, 3.63) is 15.5 Å². The van der Waals surface area contributed by atoms with Gasteiger partial charge in [-0.15, -0.1) is 0 Å². The average molecular weight is 267 g/mol. The molecule has 0 saturated heterocycles. The van der Waals surface area contributed by atoms with E-state index in [-0.39, 0.29) is 10.3 Å². The van der Waals surface area contributed by atoms with Gasteiger partial charge in [0.25, 0.3) is 0 Å². The van der Waals surface area contributed by atoms with E-state index < -0.39 is 0 Å². The first-order chi connectivity index (χ1) is 8.74. The zero-order valence-corrected chi connectivity index (χ0v) is 11.5. The van der Waals surface area contributed by atoms with Crippen molar-refractivity contribution in [3.63, 3.8) is 0 Å². The van der Waals surface area contributed by atoms with E-state index in [1.54, 1.807) is 0 Å². The SMILES string of the molecule is NCC1(Cc2nsc(=O)[nH]2)C2CCCC1CCC2. The van der Waals surface area contributed by atoms with E-state index in [2.05, 4.69) is 9.36 Å². The lowest BCUT2D eigenvalue weighted by molar-refractivity contribution is -0.0131. The molecule has 0 spiro atoms. The van der Waals surface area contributed by atoms with E-state index in [0.29, 0.717) is 0 Å². The average Bonchev–Trinajstić information content (AvgIpc) is 2.74. The molecule has 1 heterocycles. The molecule has 3 rings (SSSR count). The summed E-state index contributed by atoms with van der Waals surface area (Å²) in [5, 5.41) is 0. The number of hydrogen-bond acceptors (Lipinski definition) is 4. The molecule has 3 N–H and O–H groups in total. The third kappa shape index (κ3) is 1.93. The molecule has 100 valence electrons. The Hall–Kier alpha value is -0.680. The first kappa shape index (κ1) is 12.4. The molecule has 0 aromatic carbocycles. The van der Waals surface area contributed by atoms with E-state index in [9.17, 15) is 4.79 Å². The number of H-pyrrole nitrogens is 1. The summed E-state index contributed by atoms with van der Waals surface area (Å²) in [4.78, 5) is 14.1. The minimum Gasteiger partial charge on any atom is -0.330 e. The van der Waals surface area contributed by atoms with Crippen LogP contribution in [-0.4, -0.2) is 15.9 Å². The molecule has 2 fully saturated rings. The van der Waals surface area contributed by atoms with Gasteiger partial charge in [0.15, 0.2) is 0 Å². The van der Waals surface area contributed by atoms with Crippen LogP contribution >= 0.6 is 11.5 Å². The Labute approximate surface area is 111 Å². The zero-order valence-electron chi connectivity index (χ0n) is 10.7. The van der Waals surface area contributed by atoms with E-state index in [0.717, 1.165) is 42.2 Å². The molecule has 0 radical (unpaired) electrons. The Balaban J connectivity index is 1.90. The van der Waals surface area contributed by atoms with Crippen LogP contribution in [0.3, 0.4) is 0 Å². The quantitative estimate of drug-likeness (QED) is 0.879. The standard InChI is InChI=1S/C13H21N3OS/c14-8-13(7-11-15-12(17)18-16-11)9-3-1-4-10(13)6-2-5-9/h9-10H,1-8,14H2,(H,15,16,17). The van der Waals surface area contributed by atoms with Crippen LogP contribution in [-0.2, 0) is 6.42 Å². The molecular formula is C13H21N3OS. The third-order valence-corrected chi connectivity index (χ3v) is 5.78. The topological polar surface area (TPSA) is 71.8 Å². The number of nitrogens with one attached hydrogen (secondary N) is 1. The molecular weight excluding hydrogens is 246 g/mol. The highest BCUT2D eigenvalue weighted by atomic mass is 32.1. The summed E-state index contributed by atoms with van der Waals surface area (Å²) in [7, 11) is 0. The van der Waals surface area contributed by atoms with E-state index in [1.165, 1.54) is 38.5 Å². The molecule has 5 heteroatoms. The lowest BCUT2D eigenvalue weighted by atomic mass is 9.53. The predicted octanol–water partition coefficient (Wildman–Crippen LogP) is 1.92. The Morgan fingerprint density at radius 1 is 1.28 bits per heavy atom. The van der Waals surface area contributed by atoms with E-state index in [1.807, 2.05) is 0 Å². The monoisotopic (exact) mass is 267 g/mol.